The topological polar surface area (TPSA) is 36.1 Å². The van der Waals surface area contributed by atoms with Crippen molar-refractivity contribution >= 4 is 5.71 Å². The number of nitrogens with zero attached hydrogens (tertiary/aromatic N) is 2. The maximum atomic E-state index is 8.25. The van der Waals surface area contributed by atoms with Crippen molar-refractivity contribution < 1.29 is 0 Å². The average Bonchev–Trinajstić information content (AvgIpc) is 1.80. The van der Waals surface area contributed by atoms with Gasteiger partial charge in [0.2, 0.25) is 6.19 Å². The van der Waals surface area contributed by atoms with Crippen LogP contribution in [0.3, 0.4) is 0 Å². The minimum atomic E-state index is -0.0719. The van der Waals surface area contributed by atoms with E-state index >= 15 is 0 Å². The Morgan fingerprint density at radius 2 is 2.10 bits per heavy atom. The zero-order valence-corrected chi connectivity index (χ0v) is 6.68. The van der Waals surface area contributed by atoms with Gasteiger partial charge in [0.1, 0.15) is 0 Å². The molecule has 0 atom stereocenters. The summed E-state index contributed by atoms with van der Waals surface area (Å²) in [5, 5.41) is 8.25. The third-order valence-electron chi connectivity index (χ3n) is 1.13. The molecule has 0 amide bonds. The van der Waals surface area contributed by atoms with E-state index in [1.54, 1.807) is 12.3 Å². The van der Waals surface area contributed by atoms with Crippen molar-refractivity contribution in [3.05, 3.63) is 12.7 Å². The number of allylic oxidation sites excluding steroid dienone is 1. The van der Waals surface area contributed by atoms with Crippen LogP contribution in [0.5, 0.6) is 0 Å². The van der Waals surface area contributed by atoms with Crippen LogP contribution in [0, 0.1) is 16.9 Å². The Kier molecular flexibility index (Phi) is 2.82. The van der Waals surface area contributed by atoms with Crippen molar-refractivity contribution in [2.75, 3.05) is 0 Å². The van der Waals surface area contributed by atoms with Gasteiger partial charge < -0.3 is 0 Å². The molecule has 0 aromatic rings. The first kappa shape index (κ1) is 8.90. The summed E-state index contributed by atoms with van der Waals surface area (Å²) < 4.78 is 0. The Hall–Kier alpha value is -1.10. The first-order valence-corrected chi connectivity index (χ1v) is 3.12. The van der Waals surface area contributed by atoms with Crippen molar-refractivity contribution in [2.24, 2.45) is 10.4 Å². The first-order chi connectivity index (χ1) is 4.52. The zero-order valence-electron chi connectivity index (χ0n) is 6.68. The highest BCUT2D eigenvalue weighted by Crippen LogP contribution is 2.16. The summed E-state index contributed by atoms with van der Waals surface area (Å²) in [6, 6.07) is 0. The number of hydrogen-bond donors (Lipinski definition) is 0. The van der Waals surface area contributed by atoms with Gasteiger partial charge in [-0.25, -0.2) is 0 Å². The fraction of sp³-hybridized carbons (Fsp3) is 0.500. The van der Waals surface area contributed by atoms with Gasteiger partial charge in [-0.15, -0.1) is 0 Å². The maximum absolute atomic E-state index is 8.25. The molecule has 54 valence electrons. The number of nitriles is 1. The minimum absolute atomic E-state index is 0.0719. The number of rotatable bonds is 1. The Balaban J connectivity index is 4.57. The summed E-state index contributed by atoms with van der Waals surface area (Å²) in [4.78, 5) is 3.62. The molecular weight excluding hydrogens is 124 g/mol. The van der Waals surface area contributed by atoms with Crippen LogP contribution in [0.2, 0.25) is 0 Å². The molecule has 0 radical (unpaired) electrons. The molecular formula is C8H12N2. The number of hydrogen-bond acceptors (Lipinski definition) is 2. The standard InChI is InChI=1S/C8H12N2/c1-5-7(10-6-9)8(2,3)4/h5H,1H2,2-4H3. The smallest absolute Gasteiger partial charge is 0.178 e. The predicted molar refractivity (Wildman–Crippen MR) is 42.7 cm³/mol. The quantitative estimate of drug-likeness (QED) is 0.402. The second kappa shape index (κ2) is 3.17. The van der Waals surface area contributed by atoms with Gasteiger partial charge in [0.25, 0.3) is 0 Å². The Morgan fingerprint density at radius 3 is 2.20 bits per heavy atom. The van der Waals surface area contributed by atoms with E-state index in [-0.39, 0.29) is 5.41 Å². The fourth-order valence-electron chi connectivity index (χ4n) is 0.573. The van der Waals surface area contributed by atoms with Crippen LogP contribution >= 0.6 is 0 Å². The molecule has 0 aromatic heterocycles. The Labute approximate surface area is 61.9 Å². The summed E-state index contributed by atoms with van der Waals surface area (Å²) >= 11 is 0. The maximum Gasteiger partial charge on any atom is 0.205 e. The van der Waals surface area contributed by atoms with Crippen molar-refractivity contribution in [1.82, 2.24) is 0 Å². The van der Waals surface area contributed by atoms with Crippen molar-refractivity contribution in [3.8, 4) is 6.19 Å². The van der Waals surface area contributed by atoms with E-state index in [4.69, 9.17) is 5.26 Å². The normalized spacial score (nSPS) is 12.4. The van der Waals surface area contributed by atoms with Crippen LogP contribution in [0.15, 0.2) is 17.6 Å². The van der Waals surface area contributed by atoms with Crippen molar-refractivity contribution in [2.45, 2.75) is 20.8 Å². The average molecular weight is 136 g/mol. The first-order valence-electron chi connectivity index (χ1n) is 3.12. The van der Waals surface area contributed by atoms with E-state index in [1.165, 1.54) is 0 Å². The molecule has 0 unspecified atom stereocenters. The molecule has 0 bridgehead atoms. The highest BCUT2D eigenvalue weighted by molar-refractivity contribution is 5.99. The predicted octanol–water partition coefficient (Wildman–Crippen LogP) is 2.14. The van der Waals surface area contributed by atoms with E-state index in [0.29, 0.717) is 0 Å². The second-order valence-corrected chi connectivity index (χ2v) is 3.05. The molecule has 0 aromatic carbocycles. The Morgan fingerprint density at radius 1 is 1.60 bits per heavy atom. The minimum Gasteiger partial charge on any atom is -0.178 e. The molecule has 0 aliphatic rings. The van der Waals surface area contributed by atoms with Gasteiger partial charge in [0.05, 0.1) is 5.71 Å². The lowest BCUT2D eigenvalue weighted by Gasteiger charge is -2.16. The van der Waals surface area contributed by atoms with Crippen LogP contribution in [0.1, 0.15) is 20.8 Å². The highest BCUT2D eigenvalue weighted by Gasteiger charge is 2.15. The van der Waals surface area contributed by atoms with Crippen LogP contribution < -0.4 is 0 Å². The molecule has 0 aliphatic carbocycles. The summed E-state index contributed by atoms with van der Waals surface area (Å²) in [6.45, 7) is 9.54. The monoisotopic (exact) mass is 136 g/mol. The van der Waals surface area contributed by atoms with Crippen LogP contribution in [-0.2, 0) is 0 Å². The molecule has 0 heterocycles. The molecule has 0 fully saturated rings. The van der Waals surface area contributed by atoms with Crippen molar-refractivity contribution in [3.63, 3.8) is 0 Å². The summed E-state index contributed by atoms with van der Waals surface area (Å²) in [5.41, 5.74) is 0.660. The molecule has 2 nitrogen and oxygen atoms in total. The van der Waals surface area contributed by atoms with Gasteiger partial charge in [0, 0.05) is 5.41 Å². The third-order valence-corrected chi connectivity index (χ3v) is 1.13. The lowest BCUT2D eigenvalue weighted by Crippen LogP contribution is -2.17. The SMILES string of the molecule is C=CC(=NC#N)C(C)(C)C. The van der Waals surface area contributed by atoms with Gasteiger partial charge >= 0.3 is 0 Å². The molecule has 2 heteroatoms. The number of aliphatic imine (C=N–C) groups is 1. The van der Waals surface area contributed by atoms with E-state index in [0.717, 1.165) is 5.71 Å². The van der Waals surface area contributed by atoms with E-state index in [9.17, 15) is 0 Å². The lowest BCUT2D eigenvalue weighted by molar-refractivity contribution is 0.594. The van der Waals surface area contributed by atoms with Gasteiger partial charge in [-0.2, -0.15) is 10.3 Å². The summed E-state index contributed by atoms with van der Waals surface area (Å²) in [6.07, 6.45) is 3.36. The summed E-state index contributed by atoms with van der Waals surface area (Å²) in [5.74, 6) is 0. The summed E-state index contributed by atoms with van der Waals surface area (Å²) in [7, 11) is 0. The molecule has 0 saturated carbocycles. The van der Waals surface area contributed by atoms with Gasteiger partial charge in [0.15, 0.2) is 0 Å². The second-order valence-electron chi connectivity index (χ2n) is 3.05. The fourth-order valence-corrected chi connectivity index (χ4v) is 0.573. The van der Waals surface area contributed by atoms with Crippen LogP contribution in [0.25, 0.3) is 0 Å². The molecule has 10 heavy (non-hydrogen) atoms. The van der Waals surface area contributed by atoms with Gasteiger partial charge in [-0.1, -0.05) is 27.4 Å². The van der Waals surface area contributed by atoms with Crippen LogP contribution in [0.4, 0.5) is 0 Å². The zero-order chi connectivity index (χ0) is 8.20. The van der Waals surface area contributed by atoms with E-state index < -0.39 is 0 Å². The molecule has 0 N–H and O–H groups in total. The third kappa shape index (κ3) is 2.45. The lowest BCUT2D eigenvalue weighted by atomic mass is 9.90. The van der Waals surface area contributed by atoms with Gasteiger partial charge in [-0.05, 0) is 6.08 Å². The van der Waals surface area contributed by atoms with Crippen LogP contribution in [-0.4, -0.2) is 5.71 Å². The van der Waals surface area contributed by atoms with Crippen molar-refractivity contribution in [1.29, 1.82) is 5.26 Å². The van der Waals surface area contributed by atoms with E-state index in [1.807, 2.05) is 20.8 Å². The molecule has 0 aliphatic heterocycles. The largest absolute Gasteiger partial charge is 0.205 e. The van der Waals surface area contributed by atoms with E-state index in [2.05, 4.69) is 11.6 Å². The highest BCUT2D eigenvalue weighted by atomic mass is 14.7. The molecule has 0 rings (SSSR count). The molecule has 0 spiro atoms. The van der Waals surface area contributed by atoms with Gasteiger partial charge in [-0.3, -0.25) is 0 Å². The Bertz CT molecular complexity index is 188. The molecule has 0 saturated heterocycles.